The summed E-state index contributed by atoms with van der Waals surface area (Å²) >= 11 is 11.8. The number of rotatable bonds is 6. The van der Waals surface area contributed by atoms with E-state index in [-0.39, 0.29) is 23.0 Å². The Morgan fingerprint density at radius 1 is 0.806 bits per heavy atom. The van der Waals surface area contributed by atoms with Crippen molar-refractivity contribution in [2.75, 3.05) is 17.2 Å². The van der Waals surface area contributed by atoms with Crippen LogP contribution in [0.15, 0.2) is 66.7 Å². The largest absolute Gasteiger partial charge is 0.343 e. The van der Waals surface area contributed by atoms with Crippen molar-refractivity contribution in [3.63, 3.8) is 0 Å². The SMILES string of the molecule is Cc1c(NC(=O)CNC(=O)c2ccc(Cl)cc2Cl)cccc1C(=O)Nc1ccccc1. The van der Waals surface area contributed by atoms with E-state index in [1.807, 2.05) is 18.2 Å². The molecule has 6 nitrogen and oxygen atoms in total. The predicted octanol–water partition coefficient (Wildman–Crippen LogP) is 4.92. The fourth-order valence-electron chi connectivity index (χ4n) is 2.86. The van der Waals surface area contributed by atoms with Gasteiger partial charge in [0, 0.05) is 22.0 Å². The van der Waals surface area contributed by atoms with Gasteiger partial charge in [0.2, 0.25) is 5.91 Å². The monoisotopic (exact) mass is 455 g/mol. The maximum atomic E-state index is 12.6. The van der Waals surface area contributed by atoms with E-state index in [4.69, 9.17) is 23.2 Å². The van der Waals surface area contributed by atoms with Crippen LogP contribution >= 0.6 is 23.2 Å². The van der Waals surface area contributed by atoms with Crippen LogP contribution in [0.4, 0.5) is 11.4 Å². The third-order valence-corrected chi connectivity index (χ3v) is 5.02. The average Bonchev–Trinajstić information content (AvgIpc) is 2.74. The summed E-state index contributed by atoms with van der Waals surface area (Å²) in [6, 6.07) is 18.6. The number of carbonyl (C=O) groups is 3. The van der Waals surface area contributed by atoms with Gasteiger partial charge < -0.3 is 16.0 Å². The van der Waals surface area contributed by atoms with Crippen molar-refractivity contribution in [3.8, 4) is 0 Å². The minimum atomic E-state index is -0.496. The number of anilines is 2. The number of nitrogens with one attached hydrogen (secondary N) is 3. The summed E-state index contributed by atoms with van der Waals surface area (Å²) in [5.74, 6) is -1.22. The molecule has 0 spiro atoms. The first-order valence-electron chi connectivity index (χ1n) is 9.34. The van der Waals surface area contributed by atoms with Crippen LogP contribution in [-0.4, -0.2) is 24.3 Å². The molecule has 0 aromatic heterocycles. The van der Waals surface area contributed by atoms with Crippen molar-refractivity contribution >= 4 is 52.3 Å². The summed E-state index contributed by atoms with van der Waals surface area (Å²) in [6.07, 6.45) is 0. The molecule has 0 aliphatic rings. The van der Waals surface area contributed by atoms with Crippen molar-refractivity contribution < 1.29 is 14.4 Å². The van der Waals surface area contributed by atoms with Crippen molar-refractivity contribution in [3.05, 3.63) is 93.5 Å². The second kappa shape index (κ2) is 10.1. The van der Waals surface area contributed by atoms with Gasteiger partial charge in [-0.1, -0.05) is 47.5 Å². The molecule has 0 saturated carbocycles. The second-order valence-corrected chi connectivity index (χ2v) is 7.50. The van der Waals surface area contributed by atoms with Crippen LogP contribution in [0.25, 0.3) is 0 Å². The first-order chi connectivity index (χ1) is 14.8. The standard InChI is InChI=1S/C23H19Cl2N3O3/c1-14-17(23(31)27-16-6-3-2-4-7-16)8-5-9-20(14)28-21(29)13-26-22(30)18-11-10-15(24)12-19(18)25/h2-12H,13H2,1H3,(H,26,30)(H,27,31)(H,28,29). The Morgan fingerprint density at radius 2 is 1.55 bits per heavy atom. The lowest BCUT2D eigenvalue weighted by Gasteiger charge is -2.13. The number of benzene rings is 3. The lowest BCUT2D eigenvalue weighted by molar-refractivity contribution is -0.115. The average molecular weight is 456 g/mol. The molecule has 3 aromatic rings. The molecule has 0 aliphatic carbocycles. The van der Waals surface area contributed by atoms with E-state index in [2.05, 4.69) is 16.0 Å². The molecule has 158 valence electrons. The summed E-state index contributed by atoms with van der Waals surface area (Å²) < 4.78 is 0. The molecule has 0 fully saturated rings. The molecule has 0 bridgehead atoms. The van der Waals surface area contributed by atoms with Crippen LogP contribution in [0.5, 0.6) is 0 Å². The molecule has 0 atom stereocenters. The second-order valence-electron chi connectivity index (χ2n) is 6.65. The zero-order valence-electron chi connectivity index (χ0n) is 16.5. The molecule has 3 N–H and O–H groups in total. The lowest BCUT2D eigenvalue weighted by atomic mass is 10.1. The van der Waals surface area contributed by atoms with Crippen LogP contribution in [0, 0.1) is 6.92 Å². The van der Waals surface area contributed by atoms with E-state index in [0.29, 0.717) is 27.5 Å². The summed E-state index contributed by atoms with van der Waals surface area (Å²) in [4.78, 5) is 37.2. The number of carbonyl (C=O) groups excluding carboxylic acids is 3. The van der Waals surface area contributed by atoms with Crippen molar-refractivity contribution in [2.24, 2.45) is 0 Å². The van der Waals surface area contributed by atoms with Gasteiger partial charge in [0.05, 0.1) is 17.1 Å². The van der Waals surface area contributed by atoms with Crippen molar-refractivity contribution in [1.29, 1.82) is 0 Å². The van der Waals surface area contributed by atoms with Crippen LogP contribution in [0.2, 0.25) is 10.0 Å². The Morgan fingerprint density at radius 3 is 2.26 bits per heavy atom. The van der Waals surface area contributed by atoms with Gasteiger partial charge in [-0.25, -0.2) is 0 Å². The van der Waals surface area contributed by atoms with Gasteiger partial charge in [0.25, 0.3) is 11.8 Å². The van der Waals surface area contributed by atoms with E-state index in [1.165, 1.54) is 18.2 Å². The Labute approximate surface area is 189 Å². The number of hydrogen-bond acceptors (Lipinski definition) is 3. The molecule has 3 amide bonds. The van der Waals surface area contributed by atoms with Gasteiger partial charge in [0.1, 0.15) is 0 Å². The summed E-state index contributed by atoms with van der Waals surface area (Å²) in [5.41, 5.74) is 2.40. The van der Waals surface area contributed by atoms with Gasteiger partial charge in [-0.2, -0.15) is 0 Å². The summed E-state index contributed by atoms with van der Waals surface area (Å²) in [6.45, 7) is 1.47. The van der Waals surface area contributed by atoms with E-state index >= 15 is 0 Å². The smallest absolute Gasteiger partial charge is 0.256 e. The highest BCUT2D eigenvalue weighted by molar-refractivity contribution is 6.36. The zero-order chi connectivity index (χ0) is 22.4. The number of halogens is 2. The fraction of sp³-hybridized carbons (Fsp3) is 0.0870. The maximum absolute atomic E-state index is 12.6. The molecule has 8 heteroatoms. The van der Waals surface area contributed by atoms with Crippen molar-refractivity contribution in [1.82, 2.24) is 5.32 Å². The third-order valence-electron chi connectivity index (χ3n) is 4.47. The fourth-order valence-corrected chi connectivity index (χ4v) is 3.36. The first kappa shape index (κ1) is 22.3. The first-order valence-corrected chi connectivity index (χ1v) is 10.1. The third kappa shape index (κ3) is 5.84. The van der Waals surface area contributed by atoms with Crippen LogP contribution in [-0.2, 0) is 4.79 Å². The van der Waals surface area contributed by atoms with Gasteiger partial charge in [-0.15, -0.1) is 0 Å². The molecule has 0 radical (unpaired) electrons. The molecule has 0 unspecified atom stereocenters. The van der Waals surface area contributed by atoms with Crippen LogP contribution in [0.1, 0.15) is 26.3 Å². The van der Waals surface area contributed by atoms with Gasteiger partial charge in [-0.05, 0) is 55.0 Å². The quantitative estimate of drug-likeness (QED) is 0.492. The highest BCUT2D eigenvalue weighted by Gasteiger charge is 2.15. The van der Waals surface area contributed by atoms with Crippen LogP contribution in [0.3, 0.4) is 0 Å². The van der Waals surface area contributed by atoms with Crippen LogP contribution < -0.4 is 16.0 Å². The minimum Gasteiger partial charge on any atom is -0.343 e. The molecular formula is C23H19Cl2N3O3. The highest BCUT2D eigenvalue weighted by atomic mass is 35.5. The summed E-state index contributed by atoms with van der Waals surface area (Å²) in [7, 11) is 0. The molecule has 3 aromatic carbocycles. The minimum absolute atomic E-state index is 0.193. The molecule has 3 rings (SSSR count). The molecule has 0 saturated heterocycles. The molecule has 31 heavy (non-hydrogen) atoms. The normalized spacial score (nSPS) is 10.3. The molecule has 0 heterocycles. The molecule has 0 aliphatic heterocycles. The number of amides is 3. The van der Waals surface area contributed by atoms with Gasteiger partial charge in [-0.3, -0.25) is 14.4 Å². The zero-order valence-corrected chi connectivity index (χ0v) is 18.1. The topological polar surface area (TPSA) is 87.3 Å². The lowest BCUT2D eigenvalue weighted by Crippen LogP contribution is -2.33. The highest BCUT2D eigenvalue weighted by Crippen LogP contribution is 2.22. The summed E-state index contributed by atoms with van der Waals surface area (Å²) in [5, 5.41) is 8.64. The van der Waals surface area contributed by atoms with E-state index in [9.17, 15) is 14.4 Å². The van der Waals surface area contributed by atoms with Gasteiger partial charge >= 0.3 is 0 Å². The Hall–Kier alpha value is -3.35. The maximum Gasteiger partial charge on any atom is 0.256 e. The van der Waals surface area contributed by atoms with E-state index in [1.54, 1.807) is 37.3 Å². The van der Waals surface area contributed by atoms with E-state index in [0.717, 1.165) is 0 Å². The number of para-hydroxylation sites is 1. The Balaban J connectivity index is 1.63. The Bertz CT molecular complexity index is 1130. The van der Waals surface area contributed by atoms with Gasteiger partial charge in [0.15, 0.2) is 0 Å². The predicted molar refractivity (Wildman–Crippen MR) is 123 cm³/mol. The molecular weight excluding hydrogens is 437 g/mol. The number of hydrogen-bond donors (Lipinski definition) is 3. The van der Waals surface area contributed by atoms with Crippen molar-refractivity contribution in [2.45, 2.75) is 6.92 Å². The Kier molecular flexibility index (Phi) is 7.28. The van der Waals surface area contributed by atoms with E-state index < -0.39 is 11.8 Å².